The van der Waals surface area contributed by atoms with E-state index in [0.717, 1.165) is 0 Å². The van der Waals surface area contributed by atoms with Gasteiger partial charge < -0.3 is 10.1 Å². The largest absolute Gasteiger partial charge is 0.361 e. The summed E-state index contributed by atoms with van der Waals surface area (Å²) in [6, 6.07) is 0. The van der Waals surface area contributed by atoms with Crippen molar-refractivity contribution >= 4 is 20.0 Å². The summed E-state index contributed by atoms with van der Waals surface area (Å²) in [5.74, 6) is -0.210. The van der Waals surface area contributed by atoms with Gasteiger partial charge in [-0.1, -0.05) is 0 Å². The van der Waals surface area contributed by atoms with Crippen LogP contribution in [0.15, 0.2) is 0 Å². The van der Waals surface area contributed by atoms with Gasteiger partial charge >= 0.3 is 0 Å². The predicted octanol–water partition coefficient (Wildman–Crippen LogP) is 0.134. The molecule has 2 saturated heterocycles. The molecule has 2 heterocycles. The summed E-state index contributed by atoms with van der Waals surface area (Å²) in [5.41, 5.74) is -1.24. The lowest BCUT2D eigenvalue weighted by molar-refractivity contribution is -0.0388. The first-order valence-electron chi connectivity index (χ1n) is 8.09. The van der Waals surface area contributed by atoms with E-state index < -0.39 is 37.2 Å². The Kier molecular flexibility index (Phi) is 5.41. The third-order valence-electron chi connectivity index (χ3n) is 4.42. The molecule has 0 bridgehead atoms. The van der Waals surface area contributed by atoms with Crippen molar-refractivity contribution in [3.8, 4) is 0 Å². The van der Waals surface area contributed by atoms with Crippen LogP contribution in [0.25, 0.3) is 0 Å². The second-order valence-corrected chi connectivity index (χ2v) is 11.9. The molecule has 1 N–H and O–H groups in total. The third kappa shape index (κ3) is 4.28. The molecular weight excluding hydrogens is 354 g/mol. The van der Waals surface area contributed by atoms with Crippen LogP contribution in [0.1, 0.15) is 41.0 Å². The van der Waals surface area contributed by atoms with Gasteiger partial charge in [0.05, 0.1) is 11.9 Å². The van der Waals surface area contributed by atoms with Crippen molar-refractivity contribution in [2.45, 2.75) is 58.2 Å². The highest BCUT2D eigenvalue weighted by atomic mass is 32.2. The van der Waals surface area contributed by atoms with Gasteiger partial charge in [0, 0.05) is 24.2 Å². The lowest BCUT2D eigenvalue weighted by Crippen LogP contribution is -2.59. The fourth-order valence-electron chi connectivity index (χ4n) is 3.29. The molecule has 2 aliphatic heterocycles. The summed E-state index contributed by atoms with van der Waals surface area (Å²) >= 11 is 0. The van der Waals surface area contributed by atoms with Gasteiger partial charge in [-0.3, -0.25) is 0 Å². The second kappa shape index (κ2) is 6.48. The van der Waals surface area contributed by atoms with Gasteiger partial charge in [0.1, 0.15) is 12.6 Å². The average molecular weight is 384 g/mol. The molecule has 0 radical (unpaired) electrons. The summed E-state index contributed by atoms with van der Waals surface area (Å²) < 4.78 is 58.2. The van der Waals surface area contributed by atoms with Gasteiger partial charge in [0.2, 0.25) is 20.0 Å². The van der Waals surface area contributed by atoms with Gasteiger partial charge in [0.25, 0.3) is 0 Å². The zero-order chi connectivity index (χ0) is 18.4. The van der Waals surface area contributed by atoms with Crippen LogP contribution in [0, 0.1) is 0 Å². The fourth-order valence-corrected chi connectivity index (χ4v) is 6.97. The Morgan fingerprint density at radius 1 is 1.04 bits per heavy atom. The van der Waals surface area contributed by atoms with E-state index in [4.69, 9.17) is 4.74 Å². The first-order valence-corrected chi connectivity index (χ1v) is 11.3. The first-order chi connectivity index (χ1) is 10.8. The third-order valence-corrected chi connectivity index (χ3v) is 8.46. The number of hydrogen-bond donors (Lipinski definition) is 1. The zero-order valence-electron chi connectivity index (χ0n) is 15.1. The number of hydrogen-bond acceptors (Lipinski definition) is 6. The van der Waals surface area contributed by atoms with Crippen LogP contribution in [-0.2, 0) is 24.8 Å². The molecule has 0 aromatic carbocycles. The summed E-state index contributed by atoms with van der Waals surface area (Å²) in [6.45, 7) is 10.1. The van der Waals surface area contributed by atoms with Crippen LogP contribution in [-0.4, -0.2) is 74.1 Å². The van der Waals surface area contributed by atoms with Crippen molar-refractivity contribution in [1.29, 1.82) is 0 Å². The minimum Gasteiger partial charge on any atom is -0.361 e. The molecular formula is C14H29N3O5S2. The molecule has 0 amide bonds. The molecule has 0 aromatic heterocycles. The quantitative estimate of drug-likeness (QED) is 0.744. The molecule has 1 unspecified atom stereocenters. The standard InChI is InChI=1S/C14H29N3O5S2/c1-13(2,3)17-11-22-12(9-23(17,18)19)8-14(4,5)16-7-6-15-10-24(16,20)21/h12,15H,6-11H2,1-5H3. The molecule has 8 nitrogen and oxygen atoms in total. The maximum atomic E-state index is 12.5. The average Bonchev–Trinajstić information content (AvgIpc) is 2.34. The maximum Gasteiger partial charge on any atom is 0.227 e. The van der Waals surface area contributed by atoms with Gasteiger partial charge in [-0.05, 0) is 41.0 Å². The van der Waals surface area contributed by atoms with Crippen molar-refractivity contribution in [3.63, 3.8) is 0 Å². The van der Waals surface area contributed by atoms with E-state index in [1.54, 1.807) is 0 Å². The molecule has 24 heavy (non-hydrogen) atoms. The molecule has 2 fully saturated rings. The first kappa shape index (κ1) is 20.1. The molecule has 142 valence electrons. The van der Waals surface area contributed by atoms with E-state index in [-0.39, 0.29) is 18.4 Å². The fraction of sp³-hybridized carbons (Fsp3) is 1.00. The highest BCUT2D eigenvalue weighted by molar-refractivity contribution is 7.89. The second-order valence-electron chi connectivity index (χ2n) is 8.06. The molecule has 10 heteroatoms. The van der Waals surface area contributed by atoms with Gasteiger partial charge in [0.15, 0.2) is 0 Å². The molecule has 1 atom stereocenters. The van der Waals surface area contributed by atoms with Crippen molar-refractivity contribution in [2.24, 2.45) is 0 Å². The van der Waals surface area contributed by atoms with Crippen LogP contribution in [0.4, 0.5) is 0 Å². The van der Waals surface area contributed by atoms with Gasteiger partial charge in [-0.15, -0.1) is 0 Å². The number of nitrogens with zero attached hydrogens (tertiary/aromatic N) is 2. The van der Waals surface area contributed by atoms with Crippen LogP contribution in [0.3, 0.4) is 0 Å². The van der Waals surface area contributed by atoms with Crippen molar-refractivity contribution < 1.29 is 21.6 Å². The monoisotopic (exact) mass is 383 g/mol. The number of nitrogens with one attached hydrogen (secondary N) is 1. The molecule has 2 rings (SSSR count). The minimum absolute atomic E-state index is 0.000879. The summed E-state index contributed by atoms with van der Waals surface area (Å²) in [4.78, 5) is 0. The molecule has 2 aliphatic rings. The number of rotatable bonds is 3. The molecule has 0 spiro atoms. The SMILES string of the molecule is CC(C)(C)N1COC(CC(C)(C)N2CCNCS2(=O)=O)CS1(=O)=O. The maximum absolute atomic E-state index is 12.5. The molecule has 0 saturated carbocycles. The zero-order valence-corrected chi connectivity index (χ0v) is 16.7. The Morgan fingerprint density at radius 2 is 1.67 bits per heavy atom. The smallest absolute Gasteiger partial charge is 0.227 e. The van der Waals surface area contributed by atoms with E-state index in [1.807, 2.05) is 34.6 Å². The van der Waals surface area contributed by atoms with E-state index in [9.17, 15) is 16.8 Å². The van der Waals surface area contributed by atoms with Crippen molar-refractivity contribution in [3.05, 3.63) is 0 Å². The van der Waals surface area contributed by atoms with Gasteiger partial charge in [-0.2, -0.15) is 8.61 Å². The van der Waals surface area contributed by atoms with E-state index in [1.165, 1.54) is 8.61 Å². The number of sulfonamides is 2. The molecule has 0 aliphatic carbocycles. The topological polar surface area (TPSA) is 96.0 Å². The Morgan fingerprint density at radius 3 is 2.17 bits per heavy atom. The Balaban J connectivity index is 2.12. The Bertz CT molecular complexity index is 667. The summed E-state index contributed by atoms with van der Waals surface area (Å²) in [7, 11) is -6.82. The minimum atomic E-state index is -3.43. The van der Waals surface area contributed by atoms with Crippen molar-refractivity contribution in [1.82, 2.24) is 13.9 Å². The highest BCUT2D eigenvalue weighted by Crippen LogP contribution is 2.30. The van der Waals surface area contributed by atoms with Crippen molar-refractivity contribution in [2.75, 3.05) is 31.4 Å². The lowest BCUT2D eigenvalue weighted by atomic mass is 9.97. The van der Waals surface area contributed by atoms with E-state index >= 15 is 0 Å². The Hall–Kier alpha value is -0.260. The Labute approximate surface area is 145 Å². The normalized spacial score (nSPS) is 29.5. The van der Waals surface area contributed by atoms with E-state index in [2.05, 4.69) is 5.32 Å². The lowest BCUT2D eigenvalue weighted by Gasteiger charge is -2.44. The molecule has 0 aromatic rings. The summed E-state index contributed by atoms with van der Waals surface area (Å²) in [5, 5.41) is 2.85. The summed E-state index contributed by atoms with van der Waals surface area (Å²) in [6.07, 6.45) is -0.183. The van der Waals surface area contributed by atoms with Crippen LogP contribution in [0.5, 0.6) is 0 Å². The van der Waals surface area contributed by atoms with Crippen LogP contribution >= 0.6 is 0 Å². The highest BCUT2D eigenvalue weighted by Gasteiger charge is 2.44. The van der Waals surface area contributed by atoms with Crippen LogP contribution in [0.2, 0.25) is 0 Å². The van der Waals surface area contributed by atoms with Gasteiger partial charge in [-0.25, -0.2) is 16.8 Å². The number of ether oxygens (including phenoxy) is 1. The predicted molar refractivity (Wildman–Crippen MR) is 92.3 cm³/mol. The van der Waals surface area contributed by atoms with Crippen LogP contribution < -0.4 is 5.32 Å². The van der Waals surface area contributed by atoms with E-state index in [0.29, 0.717) is 19.5 Å².